The average Bonchev–Trinajstić information content (AvgIpc) is 3.69. The van der Waals surface area contributed by atoms with Crippen molar-refractivity contribution in [3.8, 4) is 5.75 Å². The number of carbonyl (C=O) groups excluding carboxylic acids is 5. The first kappa shape index (κ1) is 29.1. The molecule has 0 aromatic heterocycles. The second kappa shape index (κ2) is 12.6. The maximum absolute atomic E-state index is 13.8. The van der Waals surface area contributed by atoms with Crippen molar-refractivity contribution >= 4 is 56.9 Å². The number of nitrogens with one attached hydrogen (secondary N) is 3. The Bertz CT molecular complexity index is 1380. The third-order valence-electron chi connectivity index (χ3n) is 7.57. The van der Waals surface area contributed by atoms with Crippen LogP contribution in [0, 0.1) is 5.92 Å². The molecule has 2 aromatic carbocycles. The first-order valence-electron chi connectivity index (χ1n) is 13.6. The summed E-state index contributed by atoms with van der Waals surface area (Å²) >= 11 is 9.57. The van der Waals surface area contributed by atoms with Gasteiger partial charge in [0.2, 0.25) is 17.6 Å². The van der Waals surface area contributed by atoms with Crippen molar-refractivity contribution in [3.05, 3.63) is 63.1 Å². The van der Waals surface area contributed by atoms with Gasteiger partial charge in [-0.2, -0.15) is 0 Å². The predicted molar refractivity (Wildman–Crippen MR) is 153 cm³/mol. The number of nitrogens with zero attached hydrogens (tertiary/aromatic N) is 1. The van der Waals surface area contributed by atoms with E-state index in [1.165, 1.54) is 4.90 Å². The Morgan fingerprint density at radius 2 is 1.85 bits per heavy atom. The van der Waals surface area contributed by atoms with E-state index in [2.05, 4.69) is 31.9 Å². The highest BCUT2D eigenvalue weighted by Crippen LogP contribution is 2.29. The van der Waals surface area contributed by atoms with Crippen molar-refractivity contribution in [1.82, 2.24) is 20.9 Å². The number of Topliss-reactive ketones (excluding diaryl/α,β-unsaturated/α-hetero) is 1. The van der Waals surface area contributed by atoms with Gasteiger partial charge in [0, 0.05) is 35.9 Å². The molecular weight excluding hydrogens is 616 g/mol. The maximum atomic E-state index is 13.8. The van der Waals surface area contributed by atoms with Gasteiger partial charge >= 0.3 is 0 Å². The van der Waals surface area contributed by atoms with Crippen LogP contribution in [-0.4, -0.2) is 65.6 Å². The van der Waals surface area contributed by atoms with Gasteiger partial charge in [0.25, 0.3) is 11.8 Å². The first-order valence-corrected chi connectivity index (χ1v) is 14.7. The van der Waals surface area contributed by atoms with Gasteiger partial charge in [0.15, 0.2) is 6.61 Å². The molecule has 1 saturated carbocycles. The van der Waals surface area contributed by atoms with Crippen molar-refractivity contribution in [1.29, 1.82) is 0 Å². The number of amides is 4. The van der Waals surface area contributed by atoms with Crippen molar-refractivity contribution < 1.29 is 28.7 Å². The molecule has 1 aliphatic carbocycles. The van der Waals surface area contributed by atoms with Crippen molar-refractivity contribution in [3.63, 3.8) is 0 Å². The van der Waals surface area contributed by atoms with E-state index in [0.29, 0.717) is 23.7 Å². The van der Waals surface area contributed by atoms with Gasteiger partial charge in [-0.25, -0.2) is 0 Å². The molecule has 10 nitrogen and oxygen atoms in total. The molecule has 3 N–H and O–H groups in total. The van der Waals surface area contributed by atoms with Gasteiger partial charge < -0.3 is 25.6 Å². The SMILES string of the molecule is O=C(NC1CC1)C(=O)[C@H](C[C@@H]1CCNC1=O)NC(=O)[C@@H]1Cc2ccccc2CN1C(=O)COc1ccc(Br)cc1Cl. The Labute approximate surface area is 250 Å². The lowest BCUT2D eigenvalue weighted by Gasteiger charge is -2.36. The second-order valence-electron chi connectivity index (χ2n) is 10.6. The zero-order valence-electron chi connectivity index (χ0n) is 22.2. The molecule has 2 aromatic rings. The highest BCUT2D eigenvalue weighted by molar-refractivity contribution is 9.10. The van der Waals surface area contributed by atoms with Gasteiger partial charge in [0.05, 0.1) is 11.1 Å². The summed E-state index contributed by atoms with van der Waals surface area (Å²) in [5.41, 5.74) is 1.80. The van der Waals surface area contributed by atoms with Gasteiger partial charge in [-0.15, -0.1) is 0 Å². The van der Waals surface area contributed by atoms with Gasteiger partial charge in [-0.1, -0.05) is 51.8 Å². The minimum atomic E-state index is -1.21. The number of benzene rings is 2. The molecule has 3 aliphatic rings. The van der Waals surface area contributed by atoms with Crippen LogP contribution in [0.1, 0.15) is 36.8 Å². The Kier molecular flexibility index (Phi) is 8.94. The average molecular weight is 646 g/mol. The Hall–Kier alpha value is -3.44. The molecule has 2 fully saturated rings. The van der Waals surface area contributed by atoms with E-state index in [9.17, 15) is 24.0 Å². The van der Waals surface area contributed by atoms with Crippen LogP contribution in [0.4, 0.5) is 0 Å². The molecule has 1 saturated heterocycles. The van der Waals surface area contributed by atoms with E-state index in [-0.39, 0.29) is 37.9 Å². The zero-order valence-corrected chi connectivity index (χ0v) is 24.5. The molecule has 2 aliphatic heterocycles. The normalized spacial score (nSPS) is 20.4. The number of hydrogen-bond donors (Lipinski definition) is 3. The van der Waals surface area contributed by atoms with Gasteiger partial charge in [-0.3, -0.25) is 24.0 Å². The number of fused-ring (bicyclic) bond motifs is 1. The lowest BCUT2D eigenvalue weighted by atomic mass is 9.92. The fourth-order valence-corrected chi connectivity index (χ4v) is 5.86. The van der Waals surface area contributed by atoms with E-state index in [4.69, 9.17) is 16.3 Å². The summed E-state index contributed by atoms with van der Waals surface area (Å²) in [7, 11) is 0. The van der Waals surface area contributed by atoms with E-state index >= 15 is 0 Å². The van der Waals surface area contributed by atoms with Crippen LogP contribution in [0.2, 0.25) is 5.02 Å². The summed E-state index contributed by atoms with van der Waals surface area (Å²) in [6.07, 6.45) is 2.31. The molecule has 41 heavy (non-hydrogen) atoms. The number of ether oxygens (including phenoxy) is 1. The molecule has 0 radical (unpaired) electrons. The van der Waals surface area contributed by atoms with Gasteiger partial charge in [-0.05, 0) is 55.0 Å². The Morgan fingerprint density at radius 3 is 2.54 bits per heavy atom. The molecule has 0 bridgehead atoms. The number of hydrogen-bond acceptors (Lipinski definition) is 6. The lowest BCUT2D eigenvalue weighted by Crippen LogP contribution is -2.57. The third-order valence-corrected chi connectivity index (χ3v) is 8.36. The summed E-state index contributed by atoms with van der Waals surface area (Å²) in [5.74, 6) is -3.00. The van der Waals surface area contributed by atoms with Crippen LogP contribution >= 0.6 is 27.5 Å². The number of carbonyl (C=O) groups is 5. The third kappa shape index (κ3) is 7.08. The van der Waals surface area contributed by atoms with Crippen LogP contribution in [0.3, 0.4) is 0 Å². The first-order chi connectivity index (χ1) is 19.7. The van der Waals surface area contributed by atoms with Crippen LogP contribution in [-0.2, 0) is 36.9 Å². The van der Waals surface area contributed by atoms with Crippen LogP contribution in [0.15, 0.2) is 46.9 Å². The minimum Gasteiger partial charge on any atom is -0.482 e. The van der Waals surface area contributed by atoms with E-state index < -0.39 is 41.5 Å². The molecule has 4 amide bonds. The minimum absolute atomic E-state index is 0.00305. The predicted octanol–water partition coefficient (Wildman–Crippen LogP) is 2.29. The molecule has 216 valence electrons. The highest BCUT2D eigenvalue weighted by Gasteiger charge is 2.40. The number of rotatable bonds is 10. The molecule has 3 atom stereocenters. The van der Waals surface area contributed by atoms with E-state index in [1.54, 1.807) is 18.2 Å². The number of ketones is 1. The lowest BCUT2D eigenvalue weighted by molar-refractivity contribution is -0.145. The van der Waals surface area contributed by atoms with Crippen LogP contribution < -0.4 is 20.7 Å². The fraction of sp³-hybridized carbons (Fsp3) is 0.414. The summed E-state index contributed by atoms with van der Waals surface area (Å²) in [6, 6.07) is 10.3. The van der Waals surface area contributed by atoms with Crippen molar-refractivity contribution in [2.75, 3.05) is 13.2 Å². The van der Waals surface area contributed by atoms with E-state index in [1.807, 2.05) is 24.3 Å². The van der Waals surface area contributed by atoms with Crippen molar-refractivity contribution in [2.24, 2.45) is 5.92 Å². The molecule has 12 heteroatoms. The largest absolute Gasteiger partial charge is 0.482 e. The smallest absolute Gasteiger partial charge is 0.289 e. The summed E-state index contributed by atoms with van der Waals surface area (Å²) in [5, 5.41) is 8.44. The highest BCUT2D eigenvalue weighted by atomic mass is 79.9. The van der Waals surface area contributed by atoms with Crippen LogP contribution in [0.5, 0.6) is 5.75 Å². The van der Waals surface area contributed by atoms with Crippen LogP contribution in [0.25, 0.3) is 0 Å². The van der Waals surface area contributed by atoms with E-state index in [0.717, 1.165) is 28.4 Å². The summed E-state index contributed by atoms with van der Waals surface area (Å²) in [4.78, 5) is 66.7. The topological polar surface area (TPSA) is 134 Å². The Morgan fingerprint density at radius 1 is 1.10 bits per heavy atom. The molecule has 0 unspecified atom stereocenters. The quantitative estimate of drug-likeness (QED) is 0.340. The monoisotopic (exact) mass is 644 g/mol. The van der Waals surface area contributed by atoms with Gasteiger partial charge in [0.1, 0.15) is 11.8 Å². The summed E-state index contributed by atoms with van der Waals surface area (Å²) in [6.45, 7) is 0.273. The molecule has 0 spiro atoms. The zero-order chi connectivity index (χ0) is 29.1. The summed E-state index contributed by atoms with van der Waals surface area (Å²) < 4.78 is 6.45. The van der Waals surface area contributed by atoms with Crippen molar-refractivity contribution in [2.45, 2.75) is 56.8 Å². The Balaban J connectivity index is 1.34. The number of halogens is 2. The fourth-order valence-electron chi connectivity index (χ4n) is 5.13. The standard InChI is InChI=1S/C29H30BrClN4O6/c30-19-5-8-24(21(31)13-19)41-15-25(36)35-14-18-4-2-1-3-16(18)12-23(35)28(39)34-22(11-17-9-10-32-27(17)38)26(37)29(40)33-20-6-7-20/h1-5,8,13,17,20,22-23H,6-7,9-12,14-15H2,(H,32,38)(H,33,40)(H,34,39)/t17-,22-,23-/m0/s1. The maximum Gasteiger partial charge on any atom is 0.289 e. The molecule has 5 rings (SSSR count). The molecular formula is C29H30BrClN4O6. The second-order valence-corrected chi connectivity index (χ2v) is 11.9. The molecule has 2 heterocycles.